The zero-order chi connectivity index (χ0) is 13.9. The number of nitrogens with one attached hydrogen (secondary N) is 1. The van der Waals surface area contributed by atoms with Crippen molar-refractivity contribution in [2.45, 2.75) is 26.3 Å². The molecule has 19 heavy (non-hydrogen) atoms. The van der Waals surface area contributed by atoms with E-state index < -0.39 is 5.54 Å². The number of likely N-dealkylation sites (N-methyl/N-ethyl adjacent to an activating group) is 1. The van der Waals surface area contributed by atoms with Gasteiger partial charge in [0.05, 0.1) is 17.4 Å². The van der Waals surface area contributed by atoms with Gasteiger partial charge < -0.3 is 5.32 Å². The maximum Gasteiger partial charge on any atom is 0.200 e. The molecule has 0 amide bonds. The zero-order valence-corrected chi connectivity index (χ0v) is 11.6. The van der Waals surface area contributed by atoms with Crippen molar-refractivity contribution in [1.29, 1.82) is 0 Å². The molecule has 1 aromatic carbocycles. The molecule has 0 radical (unpaired) electrons. The molecule has 2 aromatic rings. The minimum atomic E-state index is -0.596. The third kappa shape index (κ3) is 2.74. The number of hydrogen-bond acceptors (Lipinski definition) is 3. The Bertz CT molecular complexity index is 558. The Morgan fingerprint density at radius 3 is 2.58 bits per heavy atom. The molecule has 2 rings (SSSR count). The summed E-state index contributed by atoms with van der Waals surface area (Å²) in [6.45, 7) is 6.52. The van der Waals surface area contributed by atoms with Crippen molar-refractivity contribution < 1.29 is 4.79 Å². The van der Waals surface area contributed by atoms with Crippen LogP contribution in [0.15, 0.2) is 42.6 Å². The van der Waals surface area contributed by atoms with E-state index >= 15 is 0 Å². The molecule has 1 aromatic heterocycles. The molecule has 0 fully saturated rings. The van der Waals surface area contributed by atoms with E-state index in [-0.39, 0.29) is 5.78 Å². The molecule has 0 bridgehead atoms. The molecule has 4 heteroatoms. The Kier molecular flexibility index (Phi) is 3.81. The number of para-hydroxylation sites is 1. The zero-order valence-electron chi connectivity index (χ0n) is 11.6. The van der Waals surface area contributed by atoms with Crippen LogP contribution in [-0.2, 0) is 0 Å². The molecule has 0 spiro atoms. The minimum absolute atomic E-state index is 0.0377. The first-order chi connectivity index (χ1) is 9.06. The van der Waals surface area contributed by atoms with Crippen LogP contribution in [0, 0.1) is 0 Å². The first kappa shape index (κ1) is 13.5. The van der Waals surface area contributed by atoms with Crippen molar-refractivity contribution in [2.24, 2.45) is 0 Å². The first-order valence-corrected chi connectivity index (χ1v) is 6.45. The van der Waals surface area contributed by atoms with Crippen molar-refractivity contribution in [3.8, 4) is 5.69 Å². The average Bonchev–Trinajstić information content (AvgIpc) is 2.87. The molecule has 1 heterocycles. The fourth-order valence-electron chi connectivity index (χ4n) is 2.09. The van der Waals surface area contributed by atoms with Gasteiger partial charge in [-0.25, -0.2) is 4.68 Å². The van der Waals surface area contributed by atoms with Gasteiger partial charge in [-0.1, -0.05) is 25.1 Å². The summed E-state index contributed by atoms with van der Waals surface area (Å²) < 4.78 is 1.68. The topological polar surface area (TPSA) is 46.9 Å². The van der Waals surface area contributed by atoms with Gasteiger partial charge in [0.2, 0.25) is 5.78 Å². The van der Waals surface area contributed by atoms with Gasteiger partial charge in [0.1, 0.15) is 5.69 Å². The van der Waals surface area contributed by atoms with Gasteiger partial charge in [-0.15, -0.1) is 0 Å². The molecule has 0 unspecified atom stereocenters. The second-order valence-corrected chi connectivity index (χ2v) is 4.95. The third-order valence-electron chi connectivity index (χ3n) is 3.06. The summed E-state index contributed by atoms with van der Waals surface area (Å²) in [5.41, 5.74) is 0.890. The van der Waals surface area contributed by atoms with Crippen LogP contribution in [0.5, 0.6) is 0 Å². The number of ketones is 1. The largest absolute Gasteiger partial charge is 0.305 e. The number of Topliss-reactive ketones (excluding diaryl/α,β-unsaturated/α-hetero) is 1. The standard InChI is InChI=1S/C15H19N3O/c1-4-16-15(2,3)14(19)13-10-11-17-18(13)12-8-6-5-7-9-12/h5-11,16H,4H2,1-3H3. The minimum Gasteiger partial charge on any atom is -0.305 e. The number of hydrogen-bond donors (Lipinski definition) is 1. The van der Waals surface area contributed by atoms with Gasteiger partial charge in [0, 0.05) is 0 Å². The summed E-state index contributed by atoms with van der Waals surface area (Å²) in [6.07, 6.45) is 1.66. The quantitative estimate of drug-likeness (QED) is 0.837. The van der Waals surface area contributed by atoms with Crippen LogP contribution in [0.25, 0.3) is 5.69 Å². The number of nitrogens with zero attached hydrogens (tertiary/aromatic N) is 2. The highest BCUT2D eigenvalue weighted by atomic mass is 16.1. The van der Waals surface area contributed by atoms with Crippen molar-refractivity contribution in [3.05, 3.63) is 48.3 Å². The summed E-state index contributed by atoms with van der Waals surface area (Å²) in [4.78, 5) is 12.6. The summed E-state index contributed by atoms with van der Waals surface area (Å²) in [7, 11) is 0. The van der Waals surface area contributed by atoms with Crippen molar-refractivity contribution in [1.82, 2.24) is 15.1 Å². The van der Waals surface area contributed by atoms with Crippen LogP contribution in [-0.4, -0.2) is 27.6 Å². The molecule has 100 valence electrons. The molecule has 0 saturated heterocycles. The lowest BCUT2D eigenvalue weighted by Crippen LogP contribution is -2.47. The SMILES string of the molecule is CCNC(C)(C)C(=O)c1ccnn1-c1ccccc1. The monoisotopic (exact) mass is 257 g/mol. The molecule has 1 N–H and O–H groups in total. The Balaban J connectivity index is 2.38. The van der Waals surface area contributed by atoms with Gasteiger partial charge in [-0.2, -0.15) is 5.10 Å². The van der Waals surface area contributed by atoms with Gasteiger partial charge in [-0.3, -0.25) is 4.79 Å². The second kappa shape index (κ2) is 5.36. The predicted molar refractivity (Wildman–Crippen MR) is 75.7 cm³/mol. The third-order valence-corrected chi connectivity index (χ3v) is 3.06. The van der Waals surface area contributed by atoms with E-state index in [1.807, 2.05) is 51.1 Å². The lowest BCUT2D eigenvalue weighted by molar-refractivity contribution is 0.0876. The maximum absolute atomic E-state index is 12.6. The number of rotatable bonds is 5. The lowest BCUT2D eigenvalue weighted by Gasteiger charge is -2.24. The number of benzene rings is 1. The second-order valence-electron chi connectivity index (χ2n) is 4.95. The van der Waals surface area contributed by atoms with E-state index in [1.165, 1.54) is 0 Å². The fourth-order valence-corrected chi connectivity index (χ4v) is 2.09. The number of carbonyl (C=O) groups is 1. The van der Waals surface area contributed by atoms with E-state index in [0.717, 1.165) is 12.2 Å². The number of aromatic nitrogens is 2. The molecule has 0 aliphatic heterocycles. The molecule has 0 aliphatic rings. The predicted octanol–water partition coefficient (Wildman–Crippen LogP) is 2.44. The van der Waals surface area contributed by atoms with Gasteiger partial charge in [0.25, 0.3) is 0 Å². The molecule has 0 atom stereocenters. The van der Waals surface area contributed by atoms with E-state index in [9.17, 15) is 4.79 Å². The Morgan fingerprint density at radius 1 is 1.26 bits per heavy atom. The molecule has 4 nitrogen and oxygen atoms in total. The van der Waals surface area contributed by atoms with E-state index in [1.54, 1.807) is 16.9 Å². The Hall–Kier alpha value is -1.94. The van der Waals surface area contributed by atoms with Crippen LogP contribution < -0.4 is 5.32 Å². The summed E-state index contributed by atoms with van der Waals surface area (Å²) in [5.74, 6) is 0.0377. The van der Waals surface area contributed by atoms with Crippen LogP contribution in [0.1, 0.15) is 31.3 Å². The van der Waals surface area contributed by atoms with E-state index in [4.69, 9.17) is 0 Å². The van der Waals surface area contributed by atoms with Crippen LogP contribution in [0.4, 0.5) is 0 Å². The van der Waals surface area contributed by atoms with Crippen LogP contribution >= 0.6 is 0 Å². The van der Waals surface area contributed by atoms with Gasteiger partial charge >= 0.3 is 0 Å². The molecule has 0 aliphatic carbocycles. The highest BCUT2D eigenvalue weighted by molar-refractivity contribution is 6.01. The molecular formula is C15H19N3O. The van der Waals surface area contributed by atoms with Gasteiger partial charge in [-0.05, 0) is 38.6 Å². The van der Waals surface area contributed by atoms with Crippen molar-refractivity contribution in [2.75, 3.05) is 6.54 Å². The number of carbonyl (C=O) groups excluding carboxylic acids is 1. The Labute approximate surface area is 113 Å². The van der Waals surface area contributed by atoms with Crippen molar-refractivity contribution in [3.63, 3.8) is 0 Å². The van der Waals surface area contributed by atoms with Crippen LogP contribution in [0.3, 0.4) is 0 Å². The summed E-state index contributed by atoms with van der Waals surface area (Å²) in [5, 5.41) is 7.45. The fraction of sp³-hybridized carbons (Fsp3) is 0.333. The van der Waals surface area contributed by atoms with E-state index in [0.29, 0.717) is 5.69 Å². The van der Waals surface area contributed by atoms with Crippen LogP contribution in [0.2, 0.25) is 0 Å². The molecule has 0 saturated carbocycles. The maximum atomic E-state index is 12.6. The normalized spacial score (nSPS) is 11.5. The van der Waals surface area contributed by atoms with E-state index in [2.05, 4.69) is 10.4 Å². The molecular weight excluding hydrogens is 238 g/mol. The highest BCUT2D eigenvalue weighted by Crippen LogP contribution is 2.16. The summed E-state index contributed by atoms with van der Waals surface area (Å²) >= 11 is 0. The van der Waals surface area contributed by atoms with Crippen molar-refractivity contribution >= 4 is 5.78 Å². The first-order valence-electron chi connectivity index (χ1n) is 6.45. The Morgan fingerprint density at radius 2 is 1.95 bits per heavy atom. The highest BCUT2D eigenvalue weighted by Gasteiger charge is 2.30. The lowest BCUT2D eigenvalue weighted by atomic mass is 9.96. The average molecular weight is 257 g/mol. The van der Waals surface area contributed by atoms with Gasteiger partial charge in [0.15, 0.2) is 0 Å². The smallest absolute Gasteiger partial charge is 0.200 e. The summed E-state index contributed by atoms with van der Waals surface area (Å²) in [6, 6.07) is 11.4.